The molecule has 1 aromatic rings. The number of rotatable bonds is 4. The third-order valence-corrected chi connectivity index (χ3v) is 4.30. The lowest BCUT2D eigenvalue weighted by molar-refractivity contribution is 0.0367. The van der Waals surface area contributed by atoms with Crippen molar-refractivity contribution in [3.63, 3.8) is 0 Å². The van der Waals surface area contributed by atoms with Crippen molar-refractivity contribution >= 4 is 21.4 Å². The van der Waals surface area contributed by atoms with Crippen molar-refractivity contribution in [2.24, 2.45) is 5.92 Å². The fourth-order valence-corrected chi connectivity index (χ4v) is 3.46. The molecule has 1 atom stereocenters. The van der Waals surface area contributed by atoms with Crippen LogP contribution < -0.4 is 0 Å². The van der Waals surface area contributed by atoms with E-state index in [1.165, 1.54) is 0 Å². The van der Waals surface area contributed by atoms with Crippen LogP contribution in [0.1, 0.15) is 18.4 Å². The van der Waals surface area contributed by atoms with Crippen LogP contribution in [-0.2, 0) is 15.4 Å². The lowest BCUT2D eigenvalue weighted by atomic mass is 9.91. The van der Waals surface area contributed by atoms with E-state index in [0.717, 1.165) is 19.1 Å². The molecule has 1 N–H and O–H groups in total. The van der Waals surface area contributed by atoms with Crippen molar-refractivity contribution in [3.8, 4) is 0 Å². The summed E-state index contributed by atoms with van der Waals surface area (Å²) in [5.74, 6) is -0.190. The topological polar surface area (TPSA) is 54.4 Å². The zero-order valence-electron chi connectivity index (χ0n) is 9.56. The van der Waals surface area contributed by atoms with Gasteiger partial charge in [0.15, 0.2) is 9.84 Å². The fraction of sp³-hybridized carbons (Fsp3) is 0.500. The summed E-state index contributed by atoms with van der Waals surface area (Å²) in [6.45, 7) is 0. The van der Waals surface area contributed by atoms with Gasteiger partial charge in [0, 0.05) is 11.3 Å². The first-order valence-electron chi connectivity index (χ1n) is 5.47. The summed E-state index contributed by atoms with van der Waals surface area (Å²) in [7, 11) is -3.23. The molecular formula is C12H15ClO3S. The van der Waals surface area contributed by atoms with E-state index in [1.54, 1.807) is 24.3 Å². The molecule has 94 valence electrons. The summed E-state index contributed by atoms with van der Waals surface area (Å²) in [6.07, 6.45) is 2.89. The highest BCUT2D eigenvalue weighted by atomic mass is 35.5. The number of benzene rings is 1. The zero-order chi connectivity index (χ0) is 12.7. The first kappa shape index (κ1) is 12.9. The van der Waals surface area contributed by atoms with Gasteiger partial charge in [-0.05, 0) is 36.5 Å². The molecule has 2 rings (SSSR count). The van der Waals surface area contributed by atoms with Gasteiger partial charge in [-0.15, -0.1) is 0 Å². The molecule has 1 saturated carbocycles. The summed E-state index contributed by atoms with van der Waals surface area (Å²) in [4.78, 5) is 0. The second-order valence-electron chi connectivity index (χ2n) is 4.78. The van der Waals surface area contributed by atoms with Crippen LogP contribution in [0.3, 0.4) is 0 Å². The molecule has 1 aliphatic carbocycles. The van der Waals surface area contributed by atoms with Gasteiger partial charge in [0.1, 0.15) is 5.60 Å². The number of hydrogen-bond donors (Lipinski definition) is 1. The molecule has 17 heavy (non-hydrogen) atoms. The Labute approximate surface area is 106 Å². The lowest BCUT2D eigenvalue weighted by Gasteiger charge is -2.28. The van der Waals surface area contributed by atoms with E-state index in [4.69, 9.17) is 11.6 Å². The Morgan fingerprint density at radius 2 is 1.88 bits per heavy atom. The van der Waals surface area contributed by atoms with Gasteiger partial charge >= 0.3 is 0 Å². The monoisotopic (exact) mass is 274 g/mol. The molecule has 0 aromatic heterocycles. The average molecular weight is 275 g/mol. The highest BCUT2D eigenvalue weighted by Gasteiger charge is 2.47. The van der Waals surface area contributed by atoms with Gasteiger partial charge in [0.2, 0.25) is 0 Å². The molecular weight excluding hydrogens is 260 g/mol. The molecule has 0 saturated heterocycles. The second-order valence-corrected chi connectivity index (χ2v) is 7.35. The highest BCUT2D eigenvalue weighted by molar-refractivity contribution is 7.90. The van der Waals surface area contributed by atoms with Crippen LogP contribution in [0.2, 0.25) is 5.02 Å². The van der Waals surface area contributed by atoms with E-state index in [-0.39, 0.29) is 11.7 Å². The van der Waals surface area contributed by atoms with Crippen LogP contribution in [0, 0.1) is 5.92 Å². The number of sulfone groups is 1. The first-order chi connectivity index (χ1) is 7.81. The Bertz CT molecular complexity index is 505. The number of halogens is 1. The van der Waals surface area contributed by atoms with Gasteiger partial charge < -0.3 is 5.11 Å². The van der Waals surface area contributed by atoms with Crippen LogP contribution in [0.25, 0.3) is 0 Å². The maximum absolute atomic E-state index is 11.4. The van der Waals surface area contributed by atoms with Crippen LogP contribution in [0.4, 0.5) is 0 Å². The van der Waals surface area contributed by atoms with E-state index >= 15 is 0 Å². The van der Waals surface area contributed by atoms with Crippen LogP contribution in [0.5, 0.6) is 0 Å². The van der Waals surface area contributed by atoms with E-state index in [0.29, 0.717) is 10.6 Å². The molecule has 0 unspecified atom stereocenters. The molecule has 0 amide bonds. The van der Waals surface area contributed by atoms with Crippen molar-refractivity contribution in [2.45, 2.75) is 18.4 Å². The summed E-state index contributed by atoms with van der Waals surface area (Å²) in [5, 5.41) is 11.2. The largest absolute Gasteiger partial charge is 0.384 e. The van der Waals surface area contributed by atoms with E-state index in [1.807, 2.05) is 0 Å². The Balaban J connectivity index is 2.37. The van der Waals surface area contributed by atoms with Gasteiger partial charge in [0.25, 0.3) is 0 Å². The minimum atomic E-state index is -3.23. The molecule has 3 nitrogen and oxygen atoms in total. The standard InChI is InChI=1S/C12H15ClO3S/c1-17(15,16)8-12(14,9-2-3-9)10-4-6-11(13)7-5-10/h4-7,9,14H,2-3,8H2,1H3/t12-/m1/s1. The molecule has 1 fully saturated rings. The first-order valence-corrected chi connectivity index (χ1v) is 7.91. The lowest BCUT2D eigenvalue weighted by Crippen LogP contribution is -2.36. The molecule has 1 aromatic carbocycles. The summed E-state index contributed by atoms with van der Waals surface area (Å²) in [5.41, 5.74) is -0.632. The molecule has 0 spiro atoms. The van der Waals surface area contributed by atoms with E-state index in [9.17, 15) is 13.5 Å². The Morgan fingerprint density at radius 3 is 2.29 bits per heavy atom. The smallest absolute Gasteiger partial charge is 0.150 e. The number of aliphatic hydroxyl groups is 1. The van der Waals surface area contributed by atoms with Crippen LogP contribution >= 0.6 is 11.6 Å². The minimum Gasteiger partial charge on any atom is -0.384 e. The van der Waals surface area contributed by atoms with Crippen molar-refractivity contribution in [1.29, 1.82) is 0 Å². The molecule has 0 heterocycles. The van der Waals surface area contributed by atoms with Gasteiger partial charge in [-0.25, -0.2) is 8.42 Å². The highest BCUT2D eigenvalue weighted by Crippen LogP contribution is 2.46. The maximum Gasteiger partial charge on any atom is 0.150 e. The quantitative estimate of drug-likeness (QED) is 0.913. The van der Waals surface area contributed by atoms with Crippen LogP contribution in [-0.4, -0.2) is 25.5 Å². The molecule has 0 aliphatic heterocycles. The third kappa shape index (κ3) is 3.00. The van der Waals surface area contributed by atoms with Gasteiger partial charge in [0.05, 0.1) is 5.75 Å². The summed E-state index contributed by atoms with van der Waals surface area (Å²) >= 11 is 5.79. The van der Waals surface area contributed by atoms with Gasteiger partial charge in [-0.3, -0.25) is 0 Å². The van der Waals surface area contributed by atoms with Crippen LogP contribution in [0.15, 0.2) is 24.3 Å². The SMILES string of the molecule is CS(=O)(=O)C[C@](O)(c1ccc(Cl)cc1)C1CC1. The number of hydrogen-bond acceptors (Lipinski definition) is 3. The molecule has 5 heteroatoms. The molecule has 0 radical (unpaired) electrons. The van der Waals surface area contributed by atoms with E-state index < -0.39 is 15.4 Å². The zero-order valence-corrected chi connectivity index (χ0v) is 11.1. The summed E-state index contributed by atoms with van der Waals surface area (Å²) < 4.78 is 22.9. The Kier molecular flexibility index (Phi) is 3.23. The normalized spacial score (nSPS) is 19.9. The van der Waals surface area contributed by atoms with Crippen molar-refractivity contribution in [1.82, 2.24) is 0 Å². The predicted octanol–water partition coefficient (Wildman–Crippen LogP) is 1.98. The third-order valence-electron chi connectivity index (χ3n) is 3.08. The van der Waals surface area contributed by atoms with Crippen molar-refractivity contribution in [2.75, 3.05) is 12.0 Å². The minimum absolute atomic E-state index is 0.0402. The fourth-order valence-electron chi connectivity index (χ4n) is 2.14. The van der Waals surface area contributed by atoms with Gasteiger partial charge in [-0.2, -0.15) is 0 Å². The Hall–Kier alpha value is -0.580. The van der Waals surface area contributed by atoms with Gasteiger partial charge in [-0.1, -0.05) is 23.7 Å². The van der Waals surface area contributed by atoms with E-state index in [2.05, 4.69) is 0 Å². The molecule has 1 aliphatic rings. The maximum atomic E-state index is 11.4. The summed E-state index contributed by atoms with van der Waals surface area (Å²) in [6, 6.07) is 6.75. The molecule has 0 bridgehead atoms. The average Bonchev–Trinajstić information content (AvgIpc) is 2.98. The van der Waals surface area contributed by atoms with Crippen molar-refractivity contribution in [3.05, 3.63) is 34.9 Å². The second kappa shape index (κ2) is 4.26. The Morgan fingerprint density at radius 1 is 1.35 bits per heavy atom. The predicted molar refractivity (Wildman–Crippen MR) is 67.8 cm³/mol. The van der Waals surface area contributed by atoms with Crippen molar-refractivity contribution < 1.29 is 13.5 Å².